The van der Waals surface area contributed by atoms with E-state index in [1.54, 1.807) is 12.1 Å². The second kappa shape index (κ2) is 10.9. The van der Waals surface area contributed by atoms with Gasteiger partial charge in [0, 0.05) is 12.3 Å². The Bertz CT molecular complexity index is 1310. The van der Waals surface area contributed by atoms with Gasteiger partial charge in [-0.2, -0.15) is 0 Å². The molecule has 12 nitrogen and oxygen atoms in total. The van der Waals surface area contributed by atoms with Gasteiger partial charge in [-0.05, 0) is 49.8 Å². The number of nitrogens with one attached hydrogen (secondary N) is 2. The number of esters is 1. The van der Waals surface area contributed by atoms with Gasteiger partial charge in [-0.25, -0.2) is 18.8 Å². The second-order valence-electron chi connectivity index (χ2n) is 9.04. The summed E-state index contributed by atoms with van der Waals surface area (Å²) in [6, 6.07) is 6.36. The first kappa shape index (κ1) is 27.2. The summed E-state index contributed by atoms with van der Waals surface area (Å²) in [7, 11) is -3.10. The van der Waals surface area contributed by atoms with Crippen molar-refractivity contribution in [3.05, 3.63) is 62.4 Å². The lowest BCUT2D eigenvalue weighted by Gasteiger charge is -2.25. The van der Waals surface area contributed by atoms with Crippen LogP contribution in [0.4, 0.5) is 4.39 Å². The number of methoxy groups -OCH3 is 1. The van der Waals surface area contributed by atoms with Gasteiger partial charge in [-0.1, -0.05) is 12.1 Å². The van der Waals surface area contributed by atoms with Gasteiger partial charge in [-0.3, -0.25) is 23.7 Å². The zero-order chi connectivity index (χ0) is 26.8. The maximum absolute atomic E-state index is 15.5. The van der Waals surface area contributed by atoms with Crippen LogP contribution in [0.2, 0.25) is 0 Å². The lowest BCUT2D eigenvalue weighted by atomic mass is 9.91. The third-order valence-corrected chi connectivity index (χ3v) is 7.92. The molecule has 4 rings (SSSR count). The molecular weight excluding hydrogens is 512 g/mol. The molecule has 0 bridgehead atoms. The number of aliphatic hydroxyl groups is 1. The van der Waals surface area contributed by atoms with E-state index < -0.39 is 62.2 Å². The van der Waals surface area contributed by atoms with Crippen LogP contribution in [0.5, 0.6) is 5.75 Å². The van der Waals surface area contributed by atoms with Crippen LogP contribution < -0.4 is 20.9 Å². The first-order valence-corrected chi connectivity index (χ1v) is 13.3. The number of aromatic nitrogens is 2. The molecule has 2 heterocycles. The normalized spacial score (nSPS) is 26.8. The number of rotatable bonds is 9. The van der Waals surface area contributed by atoms with Crippen LogP contribution in [-0.2, 0) is 36.2 Å². The number of aryl methyl sites for hydroxylation is 1. The van der Waals surface area contributed by atoms with Crippen molar-refractivity contribution >= 4 is 13.7 Å². The number of fused-ring (bicyclic) bond motifs is 1. The van der Waals surface area contributed by atoms with Gasteiger partial charge in [0.2, 0.25) is 0 Å². The molecule has 14 heteroatoms. The highest BCUT2D eigenvalue weighted by Gasteiger charge is 2.55. The van der Waals surface area contributed by atoms with E-state index in [9.17, 15) is 24.1 Å². The van der Waals surface area contributed by atoms with Crippen LogP contribution in [0, 0.1) is 0 Å². The number of carbonyl (C=O) groups is 1. The van der Waals surface area contributed by atoms with Crippen molar-refractivity contribution in [3.63, 3.8) is 0 Å². The molecule has 37 heavy (non-hydrogen) atoms. The summed E-state index contributed by atoms with van der Waals surface area (Å²) >= 11 is 0. The summed E-state index contributed by atoms with van der Waals surface area (Å²) in [5, 5.41) is 13.0. The zero-order valence-electron chi connectivity index (χ0n) is 20.3. The molecule has 3 N–H and O–H groups in total. The topological polar surface area (TPSA) is 158 Å². The van der Waals surface area contributed by atoms with E-state index in [4.69, 9.17) is 13.8 Å². The van der Waals surface area contributed by atoms with E-state index in [0.717, 1.165) is 61.3 Å². The maximum atomic E-state index is 15.5. The second-order valence-corrected chi connectivity index (χ2v) is 10.8. The van der Waals surface area contributed by atoms with Crippen molar-refractivity contribution in [2.75, 3.05) is 20.3 Å². The van der Waals surface area contributed by atoms with E-state index in [2.05, 4.69) is 9.82 Å². The number of alkyl halides is 1. The number of carbonyl (C=O) groups excluding carboxylic acids is 1. The van der Waals surface area contributed by atoms with Gasteiger partial charge in [0.25, 0.3) is 5.56 Å². The number of halogens is 1. The lowest BCUT2D eigenvalue weighted by Crippen LogP contribution is -2.43. The van der Waals surface area contributed by atoms with Gasteiger partial charge in [0.1, 0.15) is 24.5 Å². The third kappa shape index (κ3) is 5.86. The van der Waals surface area contributed by atoms with Crippen LogP contribution in [0.1, 0.15) is 37.1 Å². The molecule has 1 aliphatic carbocycles. The van der Waals surface area contributed by atoms with E-state index in [1.165, 1.54) is 0 Å². The van der Waals surface area contributed by atoms with Gasteiger partial charge in [-0.15, -0.1) is 0 Å². The fourth-order valence-corrected chi connectivity index (χ4v) is 5.74. The number of ether oxygens (including phenoxy) is 2. The largest absolute Gasteiger partial charge is 0.468 e. The third-order valence-electron chi connectivity index (χ3n) is 6.45. The van der Waals surface area contributed by atoms with Crippen LogP contribution in [0.3, 0.4) is 0 Å². The highest BCUT2D eigenvalue weighted by molar-refractivity contribution is 7.52. The molecule has 2 unspecified atom stereocenters. The fourth-order valence-electron chi connectivity index (χ4n) is 4.43. The van der Waals surface area contributed by atoms with Crippen molar-refractivity contribution in [2.24, 2.45) is 0 Å². The number of H-pyrrole nitrogens is 1. The molecule has 0 radical (unpaired) electrons. The summed E-state index contributed by atoms with van der Waals surface area (Å²) in [4.78, 5) is 37.3. The molecule has 0 saturated carbocycles. The van der Waals surface area contributed by atoms with Gasteiger partial charge >= 0.3 is 19.4 Å². The van der Waals surface area contributed by atoms with Crippen molar-refractivity contribution in [3.8, 4) is 5.75 Å². The number of benzene rings is 1. The Morgan fingerprint density at radius 2 is 2.08 bits per heavy atom. The van der Waals surface area contributed by atoms with Crippen molar-refractivity contribution < 1.29 is 37.4 Å². The number of aromatic amines is 1. The number of nitrogens with zero attached hydrogens (tertiary/aromatic N) is 1. The van der Waals surface area contributed by atoms with Crippen molar-refractivity contribution in [2.45, 2.75) is 56.7 Å². The average Bonchev–Trinajstić information content (AvgIpc) is 3.10. The maximum Gasteiger partial charge on any atom is 0.459 e. The molecular formula is C23H29FN3O9P. The monoisotopic (exact) mass is 541 g/mol. The first-order valence-electron chi connectivity index (χ1n) is 11.7. The average molecular weight is 541 g/mol. The molecule has 5 atom stereocenters. The first-order chi connectivity index (χ1) is 17.5. The lowest BCUT2D eigenvalue weighted by molar-refractivity contribution is -0.139. The summed E-state index contributed by atoms with van der Waals surface area (Å²) in [5.74, 6) is -0.410. The number of aliphatic hydroxyl groups excluding tert-OH is 1. The Labute approximate surface area is 211 Å². The highest BCUT2D eigenvalue weighted by Crippen LogP contribution is 2.48. The summed E-state index contributed by atoms with van der Waals surface area (Å²) in [6.07, 6.45) is -0.233. The van der Waals surface area contributed by atoms with Crippen molar-refractivity contribution in [1.29, 1.82) is 0 Å². The standard InChI is InChI=1S/C23H29FN3O9P/c1-23(24)20(30)17(35-21(23)27-11-10-18(28)26-22(27)31)13-34-37(32,25-12-19(29)33-2)36-16-9-5-7-14-6-3-4-8-15(14)16/h5,7,9-11,17,20-21,30H,3-4,6,8,12-13H2,1-2H3,(H,25,32)(H,26,28,31)/t17?,20-,21-,23-,37?/m1/s1. The van der Waals surface area contributed by atoms with Crippen molar-refractivity contribution in [1.82, 2.24) is 14.6 Å². The minimum atomic E-state index is -4.26. The summed E-state index contributed by atoms with van der Waals surface area (Å²) < 4.78 is 51.4. The Balaban J connectivity index is 1.55. The highest BCUT2D eigenvalue weighted by atomic mass is 31.2. The molecule has 0 amide bonds. The van der Waals surface area contributed by atoms with E-state index in [-0.39, 0.29) is 0 Å². The predicted octanol–water partition coefficient (Wildman–Crippen LogP) is 1.37. The molecule has 2 aromatic rings. The van der Waals surface area contributed by atoms with Crippen LogP contribution >= 0.6 is 7.75 Å². The zero-order valence-corrected chi connectivity index (χ0v) is 21.2. The van der Waals surface area contributed by atoms with E-state index in [0.29, 0.717) is 12.2 Å². The Kier molecular flexibility index (Phi) is 8.00. The van der Waals surface area contributed by atoms with E-state index in [1.807, 2.05) is 11.1 Å². The minimum Gasteiger partial charge on any atom is -0.468 e. The number of hydrogen-bond donors (Lipinski definition) is 3. The Morgan fingerprint density at radius 3 is 2.81 bits per heavy atom. The smallest absolute Gasteiger partial charge is 0.459 e. The molecule has 1 aliphatic heterocycles. The molecule has 2 aliphatic rings. The predicted molar refractivity (Wildman–Crippen MR) is 128 cm³/mol. The SMILES string of the molecule is COC(=O)CNP(=O)(OCC1O[C@@H](n2ccc(=O)[nH]c2=O)[C@](C)(F)[C@@H]1O)Oc1cccc2c1CCCC2. The van der Waals surface area contributed by atoms with Crippen LogP contribution in [0.15, 0.2) is 40.1 Å². The Morgan fingerprint density at radius 1 is 1.32 bits per heavy atom. The minimum absolute atomic E-state index is 0.318. The number of hydrogen-bond acceptors (Lipinski definition) is 9. The van der Waals surface area contributed by atoms with Gasteiger partial charge in [0.05, 0.1) is 13.7 Å². The molecule has 1 fully saturated rings. The van der Waals surface area contributed by atoms with Gasteiger partial charge in [0.15, 0.2) is 11.9 Å². The fraction of sp³-hybridized carbons (Fsp3) is 0.522. The molecule has 202 valence electrons. The molecule has 1 saturated heterocycles. The van der Waals surface area contributed by atoms with Gasteiger partial charge < -0.3 is 19.1 Å². The quantitative estimate of drug-likeness (QED) is 0.313. The molecule has 1 aromatic carbocycles. The summed E-state index contributed by atoms with van der Waals surface area (Å²) in [6.45, 7) is -0.0927. The summed E-state index contributed by atoms with van der Waals surface area (Å²) in [5.41, 5.74) is -2.15. The molecule has 0 spiro atoms. The Hall–Kier alpha value is -2.83. The van der Waals surface area contributed by atoms with E-state index >= 15 is 4.39 Å². The molecule has 1 aromatic heterocycles. The van der Waals surface area contributed by atoms with Crippen LogP contribution in [0.25, 0.3) is 0 Å². The van der Waals surface area contributed by atoms with Crippen LogP contribution in [-0.4, -0.2) is 58.8 Å².